The fraction of sp³-hybridized carbons (Fsp3) is 0.357. The summed E-state index contributed by atoms with van der Waals surface area (Å²) in [5, 5.41) is 21.0. The molecule has 0 radical (unpaired) electrons. The van der Waals surface area contributed by atoms with Crippen LogP contribution in [0.4, 0.5) is 10.5 Å². The van der Waals surface area contributed by atoms with Crippen molar-refractivity contribution >= 4 is 33.6 Å². The number of hydrogen-bond acceptors (Lipinski definition) is 3. The predicted octanol–water partition coefficient (Wildman–Crippen LogP) is 2.79. The SMILES string of the molecule is CC1(C(=O)O)CCCN1C(=O)Nc1cc(Br)ccc1C#N. The van der Waals surface area contributed by atoms with Gasteiger partial charge in [0.1, 0.15) is 11.6 Å². The van der Waals surface area contributed by atoms with Gasteiger partial charge in [-0.1, -0.05) is 15.9 Å². The van der Waals surface area contributed by atoms with E-state index in [1.807, 2.05) is 6.07 Å². The van der Waals surface area contributed by atoms with Crippen LogP contribution in [0.1, 0.15) is 25.3 Å². The largest absolute Gasteiger partial charge is 0.480 e. The molecule has 6 nitrogen and oxygen atoms in total. The van der Waals surface area contributed by atoms with E-state index < -0.39 is 17.5 Å². The first-order chi connectivity index (χ1) is 9.88. The van der Waals surface area contributed by atoms with Crippen LogP contribution in [0, 0.1) is 11.3 Å². The minimum absolute atomic E-state index is 0.322. The highest BCUT2D eigenvalue weighted by molar-refractivity contribution is 9.10. The number of aliphatic carboxylic acids is 1. The summed E-state index contributed by atoms with van der Waals surface area (Å²) < 4.78 is 0.721. The van der Waals surface area contributed by atoms with Crippen molar-refractivity contribution in [1.29, 1.82) is 5.26 Å². The lowest BCUT2D eigenvalue weighted by atomic mass is 10.00. The molecule has 110 valence electrons. The Hall–Kier alpha value is -2.07. The van der Waals surface area contributed by atoms with Crippen molar-refractivity contribution in [3.8, 4) is 6.07 Å². The maximum atomic E-state index is 12.3. The lowest BCUT2D eigenvalue weighted by molar-refractivity contribution is -0.146. The molecule has 0 aromatic heterocycles. The molecular formula is C14H14BrN3O3. The van der Waals surface area contributed by atoms with Crippen LogP contribution >= 0.6 is 15.9 Å². The molecule has 1 saturated heterocycles. The first-order valence-electron chi connectivity index (χ1n) is 6.40. The van der Waals surface area contributed by atoms with Gasteiger partial charge in [-0.2, -0.15) is 5.26 Å². The van der Waals surface area contributed by atoms with Crippen molar-refractivity contribution in [2.75, 3.05) is 11.9 Å². The van der Waals surface area contributed by atoms with Gasteiger partial charge in [-0.25, -0.2) is 9.59 Å². The van der Waals surface area contributed by atoms with Gasteiger partial charge < -0.3 is 15.3 Å². The number of nitrogens with zero attached hydrogens (tertiary/aromatic N) is 2. The van der Waals surface area contributed by atoms with E-state index in [0.29, 0.717) is 30.6 Å². The number of carbonyl (C=O) groups is 2. The number of urea groups is 1. The van der Waals surface area contributed by atoms with E-state index >= 15 is 0 Å². The number of halogens is 1. The monoisotopic (exact) mass is 351 g/mol. The van der Waals surface area contributed by atoms with Crippen molar-refractivity contribution in [3.63, 3.8) is 0 Å². The Morgan fingerprint density at radius 1 is 1.52 bits per heavy atom. The fourth-order valence-electron chi connectivity index (χ4n) is 2.41. The number of nitriles is 1. The third-order valence-electron chi connectivity index (χ3n) is 3.69. The Labute approximate surface area is 130 Å². The molecule has 0 spiro atoms. The molecule has 1 aliphatic rings. The fourth-order valence-corrected chi connectivity index (χ4v) is 2.77. The summed E-state index contributed by atoms with van der Waals surface area (Å²) in [6.07, 6.45) is 1.05. The topological polar surface area (TPSA) is 93.4 Å². The molecule has 1 atom stereocenters. The molecule has 21 heavy (non-hydrogen) atoms. The molecule has 1 aromatic carbocycles. The highest BCUT2D eigenvalue weighted by atomic mass is 79.9. The van der Waals surface area contributed by atoms with Crippen LogP contribution in [-0.2, 0) is 4.79 Å². The molecule has 7 heteroatoms. The Balaban J connectivity index is 2.25. The average Bonchev–Trinajstić information content (AvgIpc) is 2.82. The van der Waals surface area contributed by atoms with E-state index in [1.165, 1.54) is 11.8 Å². The first kappa shape index (κ1) is 15.3. The number of rotatable bonds is 2. The first-order valence-corrected chi connectivity index (χ1v) is 7.19. The van der Waals surface area contributed by atoms with E-state index in [1.54, 1.807) is 18.2 Å². The summed E-state index contributed by atoms with van der Waals surface area (Å²) in [6, 6.07) is 6.38. The summed E-state index contributed by atoms with van der Waals surface area (Å²) >= 11 is 3.28. The van der Waals surface area contributed by atoms with Crippen molar-refractivity contribution in [2.45, 2.75) is 25.3 Å². The predicted molar refractivity (Wildman–Crippen MR) is 79.9 cm³/mol. The van der Waals surface area contributed by atoms with Crippen molar-refractivity contribution in [1.82, 2.24) is 4.90 Å². The molecular weight excluding hydrogens is 338 g/mol. The van der Waals surface area contributed by atoms with E-state index in [4.69, 9.17) is 5.26 Å². The summed E-state index contributed by atoms with van der Waals surface area (Å²) in [5.74, 6) is -1.02. The third-order valence-corrected chi connectivity index (χ3v) is 4.18. The zero-order chi connectivity index (χ0) is 15.6. The quantitative estimate of drug-likeness (QED) is 0.856. The van der Waals surface area contributed by atoms with Gasteiger partial charge in [-0.3, -0.25) is 0 Å². The van der Waals surface area contributed by atoms with Gasteiger partial charge in [0.15, 0.2) is 0 Å². The molecule has 2 amide bonds. The van der Waals surface area contributed by atoms with Gasteiger partial charge in [0.25, 0.3) is 0 Å². The molecule has 2 N–H and O–H groups in total. The number of hydrogen-bond donors (Lipinski definition) is 2. The number of carboxylic acid groups (broad SMARTS) is 1. The van der Waals surface area contributed by atoms with E-state index in [0.717, 1.165) is 4.47 Å². The number of likely N-dealkylation sites (tertiary alicyclic amines) is 1. The summed E-state index contributed by atoms with van der Waals surface area (Å²) in [6.45, 7) is 1.92. The van der Waals surface area contributed by atoms with E-state index in [9.17, 15) is 14.7 Å². The molecule has 2 rings (SSSR count). The molecule has 1 heterocycles. The van der Waals surface area contributed by atoms with Gasteiger partial charge in [0, 0.05) is 11.0 Å². The van der Waals surface area contributed by atoms with Crippen LogP contribution in [0.2, 0.25) is 0 Å². The maximum Gasteiger partial charge on any atom is 0.329 e. The highest BCUT2D eigenvalue weighted by Gasteiger charge is 2.46. The molecule has 0 bridgehead atoms. The number of amides is 2. The van der Waals surface area contributed by atoms with Crippen LogP contribution < -0.4 is 5.32 Å². The van der Waals surface area contributed by atoms with Crippen molar-refractivity contribution in [2.24, 2.45) is 0 Å². The zero-order valence-electron chi connectivity index (χ0n) is 11.4. The Bertz CT molecular complexity index is 641. The minimum Gasteiger partial charge on any atom is -0.480 e. The molecule has 0 aliphatic carbocycles. The number of nitrogens with one attached hydrogen (secondary N) is 1. The second-order valence-corrected chi connectivity index (χ2v) is 5.98. The van der Waals surface area contributed by atoms with Gasteiger partial charge >= 0.3 is 12.0 Å². The van der Waals surface area contributed by atoms with Gasteiger partial charge in [-0.05, 0) is 38.0 Å². The Morgan fingerprint density at radius 2 is 2.24 bits per heavy atom. The molecule has 0 saturated carbocycles. The average molecular weight is 352 g/mol. The number of carbonyl (C=O) groups excluding carboxylic acids is 1. The smallest absolute Gasteiger partial charge is 0.329 e. The van der Waals surface area contributed by atoms with Crippen molar-refractivity contribution in [3.05, 3.63) is 28.2 Å². The second kappa shape index (κ2) is 5.74. The van der Waals surface area contributed by atoms with E-state index in [2.05, 4.69) is 21.2 Å². The lowest BCUT2D eigenvalue weighted by Gasteiger charge is -2.31. The summed E-state index contributed by atoms with van der Waals surface area (Å²) in [7, 11) is 0. The standard InChI is InChI=1S/C14H14BrN3O3/c1-14(12(19)20)5-2-6-18(14)13(21)17-11-7-10(15)4-3-9(11)8-16/h3-4,7H,2,5-6H2,1H3,(H,17,21)(H,19,20). The maximum absolute atomic E-state index is 12.3. The highest BCUT2D eigenvalue weighted by Crippen LogP contribution is 2.30. The Morgan fingerprint density at radius 3 is 2.86 bits per heavy atom. The molecule has 1 unspecified atom stereocenters. The minimum atomic E-state index is -1.21. The normalized spacial score (nSPS) is 20.9. The van der Waals surface area contributed by atoms with Gasteiger partial charge in [-0.15, -0.1) is 0 Å². The molecule has 1 aromatic rings. The van der Waals surface area contributed by atoms with Crippen LogP contribution in [0.5, 0.6) is 0 Å². The summed E-state index contributed by atoms with van der Waals surface area (Å²) in [4.78, 5) is 25.0. The summed E-state index contributed by atoms with van der Waals surface area (Å²) in [5.41, 5.74) is -0.526. The molecule has 1 aliphatic heterocycles. The van der Waals surface area contributed by atoms with Crippen LogP contribution in [0.15, 0.2) is 22.7 Å². The third kappa shape index (κ3) is 2.85. The van der Waals surface area contributed by atoms with Gasteiger partial charge in [0.05, 0.1) is 11.3 Å². The zero-order valence-corrected chi connectivity index (χ0v) is 13.0. The van der Waals surface area contributed by atoms with Crippen LogP contribution in [0.3, 0.4) is 0 Å². The Kier molecular flexibility index (Phi) is 4.19. The van der Waals surface area contributed by atoms with E-state index in [-0.39, 0.29) is 0 Å². The number of carboxylic acids is 1. The van der Waals surface area contributed by atoms with Crippen molar-refractivity contribution < 1.29 is 14.7 Å². The molecule has 1 fully saturated rings. The number of anilines is 1. The van der Waals surface area contributed by atoms with Crippen LogP contribution in [-0.4, -0.2) is 34.1 Å². The number of benzene rings is 1. The van der Waals surface area contributed by atoms with Crippen LogP contribution in [0.25, 0.3) is 0 Å². The lowest BCUT2D eigenvalue weighted by Crippen LogP contribution is -2.52. The van der Waals surface area contributed by atoms with Gasteiger partial charge in [0.2, 0.25) is 0 Å². The second-order valence-electron chi connectivity index (χ2n) is 5.07.